The number of carbonyl (C=O) groups excluding carboxylic acids is 1. The summed E-state index contributed by atoms with van der Waals surface area (Å²) in [5.41, 5.74) is 2.13. The Morgan fingerprint density at radius 2 is 2.15 bits per heavy atom. The molecule has 0 saturated heterocycles. The number of ketones is 1. The van der Waals surface area contributed by atoms with Crippen LogP contribution in [-0.2, 0) is 0 Å². The van der Waals surface area contributed by atoms with E-state index in [9.17, 15) is 4.79 Å². The van der Waals surface area contributed by atoms with Crippen molar-refractivity contribution >= 4 is 17.5 Å². The Kier molecular flexibility index (Phi) is 1.28. The molecule has 66 valence electrons. The van der Waals surface area contributed by atoms with Crippen LogP contribution in [0.25, 0.3) is 0 Å². The van der Waals surface area contributed by atoms with E-state index < -0.39 is 0 Å². The molecule has 2 aliphatic rings. The van der Waals surface area contributed by atoms with E-state index in [2.05, 4.69) is 6.07 Å². The van der Waals surface area contributed by atoms with Crippen LogP contribution in [0.4, 0.5) is 0 Å². The van der Waals surface area contributed by atoms with Gasteiger partial charge < -0.3 is 0 Å². The molecule has 1 aromatic rings. The number of Topliss-reactive ketones (excluding diaryl/α,β-unsaturated/α-hetero) is 1. The third-order valence-electron chi connectivity index (χ3n) is 2.88. The Balaban J connectivity index is 2.23. The van der Waals surface area contributed by atoms with E-state index >= 15 is 0 Å². The maximum absolute atomic E-state index is 12.0. The van der Waals surface area contributed by atoms with Crippen molar-refractivity contribution in [2.45, 2.75) is 29.4 Å². The number of benzene rings is 1. The molecule has 3 rings (SSSR count). The largest absolute Gasteiger partial charge is 0.293 e. The van der Waals surface area contributed by atoms with Crippen LogP contribution in [0.3, 0.4) is 0 Å². The molecule has 1 saturated carbocycles. The number of hydrogen-bond acceptors (Lipinski definition) is 2. The van der Waals surface area contributed by atoms with Gasteiger partial charge in [-0.2, -0.15) is 0 Å². The van der Waals surface area contributed by atoms with Crippen LogP contribution < -0.4 is 0 Å². The summed E-state index contributed by atoms with van der Waals surface area (Å²) >= 11 is 1.78. The quantitative estimate of drug-likeness (QED) is 0.625. The average Bonchev–Trinajstić information content (AvgIpc) is 2.79. The fourth-order valence-electron chi connectivity index (χ4n) is 1.94. The van der Waals surface area contributed by atoms with Crippen LogP contribution in [0, 0.1) is 6.92 Å². The molecule has 1 aliphatic carbocycles. The molecule has 0 atom stereocenters. The van der Waals surface area contributed by atoms with Crippen LogP contribution in [0.2, 0.25) is 0 Å². The fourth-order valence-corrected chi connectivity index (χ4v) is 3.37. The van der Waals surface area contributed by atoms with E-state index in [0.29, 0.717) is 5.78 Å². The molecule has 0 aromatic heterocycles. The number of thioether (sulfide) groups is 1. The van der Waals surface area contributed by atoms with Crippen molar-refractivity contribution in [1.29, 1.82) is 0 Å². The van der Waals surface area contributed by atoms with Crippen molar-refractivity contribution in [2.75, 3.05) is 0 Å². The van der Waals surface area contributed by atoms with Crippen LogP contribution in [0.5, 0.6) is 0 Å². The van der Waals surface area contributed by atoms with Crippen molar-refractivity contribution in [1.82, 2.24) is 0 Å². The monoisotopic (exact) mass is 190 g/mol. The molecule has 13 heavy (non-hydrogen) atoms. The maximum Gasteiger partial charge on any atom is 0.180 e. The molecule has 2 heteroatoms. The molecule has 1 spiro atoms. The zero-order chi connectivity index (χ0) is 9.05. The van der Waals surface area contributed by atoms with Gasteiger partial charge in [-0.25, -0.2) is 0 Å². The van der Waals surface area contributed by atoms with Gasteiger partial charge in [0.05, 0.1) is 4.75 Å². The van der Waals surface area contributed by atoms with E-state index in [-0.39, 0.29) is 4.75 Å². The second-order valence-corrected chi connectivity index (χ2v) is 5.30. The van der Waals surface area contributed by atoms with Gasteiger partial charge in [0, 0.05) is 10.5 Å². The number of fused-ring (bicyclic) bond motifs is 1. The molecule has 1 fully saturated rings. The second-order valence-electron chi connectivity index (χ2n) is 3.87. The topological polar surface area (TPSA) is 17.1 Å². The molecule has 1 heterocycles. The number of hydrogen-bond donors (Lipinski definition) is 0. The third kappa shape index (κ3) is 0.869. The zero-order valence-electron chi connectivity index (χ0n) is 7.46. The van der Waals surface area contributed by atoms with Gasteiger partial charge in [-0.3, -0.25) is 4.79 Å². The summed E-state index contributed by atoms with van der Waals surface area (Å²) in [7, 11) is 0. The smallest absolute Gasteiger partial charge is 0.180 e. The van der Waals surface area contributed by atoms with E-state index in [0.717, 1.165) is 24.0 Å². The second kappa shape index (κ2) is 2.18. The molecule has 0 radical (unpaired) electrons. The van der Waals surface area contributed by atoms with Gasteiger partial charge in [-0.1, -0.05) is 12.1 Å². The standard InChI is InChI=1S/C11H10OS/c1-7-3-2-4-8-9(7)10(12)11(13-8)5-6-11/h2-4H,5-6H2,1H3. The molecule has 0 amide bonds. The summed E-state index contributed by atoms with van der Waals surface area (Å²) in [6.45, 7) is 2.03. The summed E-state index contributed by atoms with van der Waals surface area (Å²) in [6.07, 6.45) is 2.15. The van der Waals surface area contributed by atoms with Crippen LogP contribution >= 0.6 is 11.8 Å². The summed E-state index contributed by atoms with van der Waals surface area (Å²) in [4.78, 5) is 13.2. The fraction of sp³-hybridized carbons (Fsp3) is 0.364. The van der Waals surface area contributed by atoms with Crippen molar-refractivity contribution in [3.63, 3.8) is 0 Å². The predicted octanol–water partition coefficient (Wildman–Crippen LogP) is 2.82. The van der Waals surface area contributed by atoms with Crippen LogP contribution in [0.15, 0.2) is 23.1 Å². The third-order valence-corrected chi connectivity index (χ3v) is 4.43. The lowest BCUT2D eigenvalue weighted by Crippen LogP contribution is -2.12. The van der Waals surface area contributed by atoms with E-state index in [1.54, 1.807) is 11.8 Å². The number of aryl methyl sites for hydroxylation is 1. The van der Waals surface area contributed by atoms with Gasteiger partial charge in [0.1, 0.15) is 0 Å². The molecular formula is C11H10OS. The highest BCUT2D eigenvalue weighted by Crippen LogP contribution is 2.59. The van der Waals surface area contributed by atoms with Crippen molar-refractivity contribution in [3.8, 4) is 0 Å². The normalized spacial score (nSPS) is 22.1. The Labute approximate surface area is 81.5 Å². The first kappa shape index (κ1) is 7.63. The Morgan fingerprint density at radius 1 is 1.38 bits per heavy atom. The van der Waals surface area contributed by atoms with E-state index in [1.165, 1.54) is 4.90 Å². The lowest BCUT2D eigenvalue weighted by molar-refractivity contribution is 0.0983. The lowest BCUT2D eigenvalue weighted by atomic mass is 10.0. The van der Waals surface area contributed by atoms with Gasteiger partial charge in [-0.15, -0.1) is 11.8 Å². The minimum Gasteiger partial charge on any atom is -0.293 e. The van der Waals surface area contributed by atoms with E-state index in [1.807, 2.05) is 19.1 Å². The Hall–Kier alpha value is -0.760. The Morgan fingerprint density at radius 3 is 2.77 bits per heavy atom. The average molecular weight is 190 g/mol. The van der Waals surface area contributed by atoms with Gasteiger partial charge in [-0.05, 0) is 31.4 Å². The highest BCUT2D eigenvalue weighted by atomic mass is 32.2. The summed E-state index contributed by atoms with van der Waals surface area (Å²) in [5.74, 6) is 0.380. The first-order chi connectivity index (χ1) is 6.23. The Bertz CT molecular complexity index is 405. The highest BCUT2D eigenvalue weighted by Gasteiger charge is 2.55. The molecular weight excluding hydrogens is 180 g/mol. The lowest BCUT2D eigenvalue weighted by Gasteiger charge is -2.00. The van der Waals surface area contributed by atoms with Gasteiger partial charge in [0.15, 0.2) is 5.78 Å². The summed E-state index contributed by atoms with van der Waals surface area (Å²) in [5, 5.41) is 0. The van der Waals surface area contributed by atoms with Gasteiger partial charge in [0.25, 0.3) is 0 Å². The minimum atomic E-state index is -0.0194. The van der Waals surface area contributed by atoms with Crippen molar-refractivity contribution < 1.29 is 4.79 Å². The van der Waals surface area contributed by atoms with E-state index in [4.69, 9.17) is 0 Å². The molecule has 0 bridgehead atoms. The molecule has 0 N–H and O–H groups in total. The molecule has 1 nitrogen and oxygen atoms in total. The molecule has 1 aromatic carbocycles. The predicted molar refractivity (Wildman–Crippen MR) is 53.3 cm³/mol. The van der Waals surface area contributed by atoms with Gasteiger partial charge >= 0.3 is 0 Å². The first-order valence-electron chi connectivity index (χ1n) is 4.56. The first-order valence-corrected chi connectivity index (χ1v) is 5.38. The zero-order valence-corrected chi connectivity index (χ0v) is 8.28. The minimum absolute atomic E-state index is 0.0194. The van der Waals surface area contributed by atoms with Crippen molar-refractivity contribution in [3.05, 3.63) is 29.3 Å². The van der Waals surface area contributed by atoms with Crippen molar-refractivity contribution in [2.24, 2.45) is 0 Å². The maximum atomic E-state index is 12.0. The molecule has 0 unspecified atom stereocenters. The van der Waals surface area contributed by atoms with Crippen LogP contribution in [0.1, 0.15) is 28.8 Å². The van der Waals surface area contributed by atoms with Crippen LogP contribution in [-0.4, -0.2) is 10.5 Å². The highest BCUT2D eigenvalue weighted by molar-refractivity contribution is 8.02. The van der Waals surface area contributed by atoms with Gasteiger partial charge in [0.2, 0.25) is 0 Å². The summed E-state index contributed by atoms with van der Waals surface area (Å²) < 4.78 is -0.0194. The number of rotatable bonds is 0. The number of carbonyl (C=O) groups is 1. The summed E-state index contributed by atoms with van der Waals surface area (Å²) in [6, 6.07) is 6.13. The molecule has 1 aliphatic heterocycles. The SMILES string of the molecule is Cc1cccc2c1C(=O)C1(CC1)S2.